The van der Waals surface area contributed by atoms with Crippen LogP contribution in [-0.4, -0.2) is 15.7 Å². The number of alkyl halides is 1. The standard InChI is InChI=1S/C11H15BrN2O/c1-3-4-9-5-6-10(13-7-9)14-11(15)8(2)12/h5-8H,3-4H2,1-2H3,(H,13,14,15)/t8-/m1/s1. The minimum Gasteiger partial charge on any atom is -0.310 e. The first-order valence-corrected chi connectivity index (χ1v) is 5.95. The molecule has 0 aliphatic carbocycles. The maximum Gasteiger partial charge on any atom is 0.239 e. The Morgan fingerprint density at radius 2 is 2.33 bits per heavy atom. The van der Waals surface area contributed by atoms with E-state index in [0.29, 0.717) is 5.82 Å². The van der Waals surface area contributed by atoms with Crippen molar-refractivity contribution in [1.82, 2.24) is 4.98 Å². The molecule has 1 aromatic heterocycles. The van der Waals surface area contributed by atoms with Crippen LogP contribution in [0, 0.1) is 0 Å². The molecular formula is C11H15BrN2O. The second-order valence-corrected chi connectivity index (χ2v) is 4.78. The van der Waals surface area contributed by atoms with Gasteiger partial charge in [0.15, 0.2) is 0 Å². The molecule has 0 spiro atoms. The molecule has 15 heavy (non-hydrogen) atoms. The van der Waals surface area contributed by atoms with Crippen LogP contribution in [0.5, 0.6) is 0 Å². The number of carbonyl (C=O) groups excluding carboxylic acids is 1. The summed E-state index contributed by atoms with van der Waals surface area (Å²) in [7, 11) is 0. The number of aryl methyl sites for hydroxylation is 1. The van der Waals surface area contributed by atoms with Crippen LogP contribution < -0.4 is 5.32 Å². The van der Waals surface area contributed by atoms with Crippen molar-refractivity contribution in [2.24, 2.45) is 0 Å². The molecule has 82 valence electrons. The van der Waals surface area contributed by atoms with Crippen LogP contribution in [0.1, 0.15) is 25.8 Å². The summed E-state index contributed by atoms with van der Waals surface area (Å²) in [5, 5.41) is 2.71. The fourth-order valence-corrected chi connectivity index (χ4v) is 1.28. The van der Waals surface area contributed by atoms with Crippen LogP contribution in [0.25, 0.3) is 0 Å². The number of aromatic nitrogens is 1. The zero-order valence-corrected chi connectivity index (χ0v) is 10.5. The highest BCUT2D eigenvalue weighted by Gasteiger charge is 2.08. The van der Waals surface area contributed by atoms with Gasteiger partial charge in [0, 0.05) is 6.20 Å². The Labute approximate surface area is 98.4 Å². The second kappa shape index (κ2) is 5.85. The minimum atomic E-state index is -0.199. The molecule has 0 saturated heterocycles. The Morgan fingerprint density at radius 1 is 1.60 bits per heavy atom. The molecule has 1 N–H and O–H groups in total. The van der Waals surface area contributed by atoms with E-state index < -0.39 is 0 Å². The molecule has 0 unspecified atom stereocenters. The van der Waals surface area contributed by atoms with E-state index in [1.54, 1.807) is 13.1 Å². The van der Waals surface area contributed by atoms with E-state index in [1.807, 2.05) is 12.1 Å². The number of nitrogens with one attached hydrogen (secondary N) is 1. The fraction of sp³-hybridized carbons (Fsp3) is 0.455. The maximum absolute atomic E-state index is 11.3. The van der Waals surface area contributed by atoms with Gasteiger partial charge >= 0.3 is 0 Å². The van der Waals surface area contributed by atoms with Gasteiger partial charge in [-0.2, -0.15) is 0 Å². The van der Waals surface area contributed by atoms with Crippen LogP contribution in [0.2, 0.25) is 0 Å². The number of pyridine rings is 1. The molecule has 0 aliphatic heterocycles. The van der Waals surface area contributed by atoms with Crippen molar-refractivity contribution in [3.63, 3.8) is 0 Å². The van der Waals surface area contributed by atoms with Gasteiger partial charge in [-0.15, -0.1) is 0 Å². The number of hydrogen-bond acceptors (Lipinski definition) is 2. The third-order valence-electron chi connectivity index (χ3n) is 1.98. The van der Waals surface area contributed by atoms with Crippen LogP contribution >= 0.6 is 15.9 Å². The Bertz CT molecular complexity index is 322. The lowest BCUT2D eigenvalue weighted by molar-refractivity contribution is -0.115. The summed E-state index contributed by atoms with van der Waals surface area (Å²) in [5.74, 6) is 0.525. The molecular weight excluding hydrogens is 256 g/mol. The fourth-order valence-electron chi connectivity index (χ4n) is 1.16. The van der Waals surface area contributed by atoms with Crippen molar-refractivity contribution < 1.29 is 4.79 Å². The van der Waals surface area contributed by atoms with E-state index in [0.717, 1.165) is 12.8 Å². The zero-order valence-electron chi connectivity index (χ0n) is 8.96. The number of nitrogens with zero attached hydrogens (tertiary/aromatic N) is 1. The molecule has 0 fully saturated rings. The molecule has 1 atom stereocenters. The van der Waals surface area contributed by atoms with Crippen LogP contribution in [0.3, 0.4) is 0 Å². The quantitative estimate of drug-likeness (QED) is 0.855. The van der Waals surface area contributed by atoms with Crippen molar-refractivity contribution >= 4 is 27.7 Å². The second-order valence-electron chi connectivity index (χ2n) is 3.41. The molecule has 0 aliphatic rings. The lowest BCUT2D eigenvalue weighted by Crippen LogP contribution is -2.20. The molecule has 0 saturated carbocycles. The van der Waals surface area contributed by atoms with E-state index in [2.05, 4.69) is 33.2 Å². The summed E-state index contributed by atoms with van der Waals surface area (Å²) < 4.78 is 0. The number of amides is 1. The monoisotopic (exact) mass is 270 g/mol. The van der Waals surface area contributed by atoms with E-state index in [1.165, 1.54) is 5.56 Å². The average Bonchev–Trinajstić information content (AvgIpc) is 2.21. The first-order valence-electron chi connectivity index (χ1n) is 5.03. The van der Waals surface area contributed by atoms with Crippen molar-refractivity contribution in [2.75, 3.05) is 5.32 Å². The molecule has 0 bridgehead atoms. The van der Waals surface area contributed by atoms with Crippen molar-refractivity contribution in [1.29, 1.82) is 0 Å². The third kappa shape index (κ3) is 4.00. The predicted octanol–water partition coefficient (Wildman–Crippen LogP) is 2.76. The highest BCUT2D eigenvalue weighted by atomic mass is 79.9. The van der Waals surface area contributed by atoms with Crippen LogP contribution in [-0.2, 0) is 11.2 Å². The molecule has 4 heteroatoms. The minimum absolute atomic E-state index is 0.0780. The molecule has 1 amide bonds. The van der Waals surface area contributed by atoms with Crippen molar-refractivity contribution in [3.05, 3.63) is 23.9 Å². The largest absolute Gasteiger partial charge is 0.310 e. The summed E-state index contributed by atoms with van der Waals surface area (Å²) in [6.07, 6.45) is 3.93. The number of carbonyl (C=O) groups is 1. The number of halogens is 1. The zero-order chi connectivity index (χ0) is 11.3. The lowest BCUT2D eigenvalue weighted by Gasteiger charge is -2.06. The Balaban J connectivity index is 2.60. The SMILES string of the molecule is CCCc1ccc(NC(=O)[C@@H](C)Br)nc1. The van der Waals surface area contributed by atoms with Gasteiger partial charge in [-0.3, -0.25) is 4.79 Å². The topological polar surface area (TPSA) is 42.0 Å². The van der Waals surface area contributed by atoms with Gasteiger partial charge in [0.05, 0.1) is 4.83 Å². The van der Waals surface area contributed by atoms with Crippen LogP contribution in [0.4, 0.5) is 5.82 Å². The lowest BCUT2D eigenvalue weighted by atomic mass is 10.2. The summed E-state index contributed by atoms with van der Waals surface area (Å²) in [6, 6.07) is 3.82. The van der Waals surface area contributed by atoms with E-state index in [-0.39, 0.29) is 10.7 Å². The summed E-state index contributed by atoms with van der Waals surface area (Å²) in [5.41, 5.74) is 1.20. The third-order valence-corrected chi connectivity index (χ3v) is 2.39. The van der Waals surface area contributed by atoms with Crippen molar-refractivity contribution in [2.45, 2.75) is 31.5 Å². The van der Waals surface area contributed by atoms with Crippen LogP contribution in [0.15, 0.2) is 18.3 Å². The molecule has 1 heterocycles. The summed E-state index contributed by atoms with van der Waals surface area (Å²) >= 11 is 3.20. The number of anilines is 1. The van der Waals surface area contributed by atoms with Gasteiger partial charge in [0.25, 0.3) is 0 Å². The Hall–Kier alpha value is -0.900. The number of hydrogen-bond donors (Lipinski definition) is 1. The first-order chi connectivity index (χ1) is 7.13. The van der Waals surface area contributed by atoms with Gasteiger partial charge < -0.3 is 5.32 Å². The van der Waals surface area contributed by atoms with Gasteiger partial charge in [0.2, 0.25) is 5.91 Å². The summed E-state index contributed by atoms with van der Waals surface area (Å²) in [6.45, 7) is 3.91. The first kappa shape index (κ1) is 12.2. The molecule has 1 aromatic rings. The van der Waals surface area contributed by atoms with Gasteiger partial charge in [0.1, 0.15) is 5.82 Å². The molecule has 0 aromatic carbocycles. The molecule has 3 nitrogen and oxygen atoms in total. The number of rotatable bonds is 4. The summed E-state index contributed by atoms with van der Waals surface area (Å²) in [4.78, 5) is 15.3. The van der Waals surface area contributed by atoms with Crippen molar-refractivity contribution in [3.8, 4) is 0 Å². The van der Waals surface area contributed by atoms with E-state index in [4.69, 9.17) is 0 Å². The van der Waals surface area contributed by atoms with Gasteiger partial charge in [-0.25, -0.2) is 4.98 Å². The van der Waals surface area contributed by atoms with E-state index in [9.17, 15) is 4.79 Å². The predicted molar refractivity (Wildman–Crippen MR) is 65.3 cm³/mol. The molecule has 1 rings (SSSR count). The van der Waals surface area contributed by atoms with Gasteiger partial charge in [-0.1, -0.05) is 35.3 Å². The van der Waals surface area contributed by atoms with Gasteiger partial charge in [-0.05, 0) is 25.0 Å². The highest BCUT2D eigenvalue weighted by Crippen LogP contribution is 2.08. The average molecular weight is 271 g/mol. The Kier molecular flexibility index (Phi) is 4.75. The Morgan fingerprint density at radius 3 is 2.80 bits per heavy atom. The maximum atomic E-state index is 11.3. The smallest absolute Gasteiger partial charge is 0.239 e. The highest BCUT2D eigenvalue weighted by molar-refractivity contribution is 9.10. The van der Waals surface area contributed by atoms with E-state index >= 15 is 0 Å². The normalized spacial score (nSPS) is 12.2. The molecule has 0 radical (unpaired) electrons.